The summed E-state index contributed by atoms with van der Waals surface area (Å²) in [6.07, 6.45) is -10.0. The quantitative estimate of drug-likeness (QED) is 0.0583. The van der Waals surface area contributed by atoms with Gasteiger partial charge < -0.3 is 66.0 Å². The number of nitrogens with zero attached hydrogens (tertiary/aromatic N) is 3. The van der Waals surface area contributed by atoms with E-state index in [0.29, 0.717) is 51.9 Å². The van der Waals surface area contributed by atoms with Crippen LogP contribution in [-0.2, 0) is 105 Å². The molecule has 0 aliphatic carbocycles. The second kappa shape index (κ2) is 27.6. The van der Waals surface area contributed by atoms with E-state index in [1.54, 1.807) is 67.1 Å². The molecule has 10 atom stereocenters. The van der Waals surface area contributed by atoms with Crippen LogP contribution in [0.4, 0.5) is 0 Å². The molecular weight excluding hydrogens is 1100 g/mol. The second-order valence-electron chi connectivity index (χ2n) is 19.4. The van der Waals surface area contributed by atoms with Gasteiger partial charge in [0.25, 0.3) is 0 Å². The number of aromatic nitrogens is 3. The van der Waals surface area contributed by atoms with Crippen LogP contribution in [0.5, 0.6) is 17.4 Å². The Kier molecular flexibility index (Phi) is 20.0. The van der Waals surface area contributed by atoms with Gasteiger partial charge in [-0.05, 0) is 59.7 Å². The molecule has 25 heteroatoms. The molecule has 10 unspecified atom stereocenters. The standard InChI is InChI=1S/C59H61N3O22/c1-31(63)72-29-48-50(75-33(3)65)52(77-35(5)67)54(79-37(7)69)58(83-48)81-42-20-16-40(17-21-42)28-74-57-46(26-44-15-12-24-71-44)61-56-45(25-39-13-10-9-11-14-39)60-47(27-62(56)57)41-18-22-43(23-19-41)82-59-55(80-38(8)70)53(78-36(6)68)51(76-34(4)66)49(84-59)30-73-32(2)64/h9-24,27,48-55,58-59H,25-26,28-30H2,1-8H3. The first-order valence-corrected chi connectivity index (χ1v) is 26.4. The third kappa shape index (κ3) is 16.0. The molecule has 0 saturated carbocycles. The number of carbonyl (C=O) groups is 8. The summed E-state index contributed by atoms with van der Waals surface area (Å²) >= 11 is 0. The summed E-state index contributed by atoms with van der Waals surface area (Å²) < 4.78 is 82.7. The van der Waals surface area contributed by atoms with Crippen molar-refractivity contribution in [2.75, 3.05) is 13.2 Å². The molecule has 0 radical (unpaired) electrons. The van der Waals surface area contributed by atoms with Crippen LogP contribution >= 0.6 is 0 Å². The fourth-order valence-corrected chi connectivity index (χ4v) is 9.38. The van der Waals surface area contributed by atoms with Gasteiger partial charge >= 0.3 is 47.8 Å². The maximum Gasteiger partial charge on any atom is 0.303 e. The summed E-state index contributed by atoms with van der Waals surface area (Å²) in [5.41, 5.74) is 4.32. The molecule has 25 nitrogen and oxygen atoms in total. The fourth-order valence-electron chi connectivity index (χ4n) is 9.38. The molecule has 0 amide bonds. The highest BCUT2D eigenvalue weighted by Gasteiger charge is 2.55. The van der Waals surface area contributed by atoms with Crippen molar-refractivity contribution in [3.63, 3.8) is 0 Å². The number of ether oxygens (including phenoxy) is 13. The van der Waals surface area contributed by atoms with Gasteiger partial charge in [-0.15, -0.1) is 0 Å². The Balaban J connectivity index is 1.10. The van der Waals surface area contributed by atoms with E-state index in [1.807, 2.05) is 40.8 Å². The zero-order chi connectivity index (χ0) is 60.2. The van der Waals surface area contributed by atoms with Gasteiger partial charge in [-0.2, -0.15) is 0 Å². The molecule has 2 saturated heterocycles. The number of carbonyl (C=O) groups excluding carboxylic acids is 8. The molecule has 0 N–H and O–H groups in total. The molecule has 444 valence electrons. The average Bonchev–Trinajstić information content (AvgIpc) is 1.66. The Morgan fingerprint density at radius 2 is 0.952 bits per heavy atom. The van der Waals surface area contributed by atoms with E-state index < -0.39 is 122 Å². The maximum absolute atomic E-state index is 12.5. The van der Waals surface area contributed by atoms with Crippen LogP contribution in [0.1, 0.15) is 83.7 Å². The SMILES string of the molecule is CC(=O)OCC1OC(Oc2ccc(COc3c(Cc4ccco4)nc4c(Cc5ccccc5)nc(-c5ccc(OC6OC(COC(C)=O)C(OC(C)=O)C(OC(C)=O)C6OC(C)=O)cc5)cn34)cc2)C(OC(C)=O)C(OC(C)=O)C1OC(C)=O. The number of fused-ring (bicyclic) bond motifs is 1. The Labute approximate surface area is 480 Å². The summed E-state index contributed by atoms with van der Waals surface area (Å²) in [4.78, 5) is 108. The van der Waals surface area contributed by atoms with Crippen LogP contribution in [0.15, 0.2) is 108 Å². The number of esters is 8. The van der Waals surface area contributed by atoms with E-state index in [9.17, 15) is 38.4 Å². The van der Waals surface area contributed by atoms with Gasteiger partial charge in [0.1, 0.15) is 55.0 Å². The van der Waals surface area contributed by atoms with Gasteiger partial charge in [-0.25, -0.2) is 9.97 Å². The van der Waals surface area contributed by atoms with Crippen LogP contribution in [0.25, 0.3) is 16.9 Å². The van der Waals surface area contributed by atoms with Crippen LogP contribution < -0.4 is 14.2 Å². The minimum Gasteiger partial charge on any atom is -0.472 e. The Bertz CT molecular complexity index is 3310. The predicted octanol–water partition coefficient (Wildman–Crippen LogP) is 5.67. The topological polar surface area (TPSA) is 300 Å². The third-order valence-corrected chi connectivity index (χ3v) is 12.7. The van der Waals surface area contributed by atoms with E-state index in [1.165, 1.54) is 13.8 Å². The molecule has 84 heavy (non-hydrogen) atoms. The largest absolute Gasteiger partial charge is 0.472 e. The summed E-state index contributed by atoms with van der Waals surface area (Å²) in [6.45, 7) is 8.21. The van der Waals surface area contributed by atoms with E-state index in [4.69, 9.17) is 76.0 Å². The van der Waals surface area contributed by atoms with Gasteiger partial charge in [-0.1, -0.05) is 42.5 Å². The summed E-state index contributed by atoms with van der Waals surface area (Å²) in [5, 5.41) is 0. The number of hydrogen-bond donors (Lipinski definition) is 0. The molecule has 5 heterocycles. The monoisotopic (exact) mass is 1160 g/mol. The van der Waals surface area contributed by atoms with E-state index in [0.717, 1.165) is 47.1 Å². The molecule has 3 aromatic carbocycles. The molecule has 0 bridgehead atoms. The number of furan rings is 1. The van der Waals surface area contributed by atoms with E-state index in [-0.39, 0.29) is 24.5 Å². The zero-order valence-electron chi connectivity index (χ0n) is 46.9. The highest BCUT2D eigenvalue weighted by atomic mass is 16.7. The molecule has 0 spiro atoms. The van der Waals surface area contributed by atoms with Crippen molar-refractivity contribution < 1.29 is 104 Å². The Hall–Kier alpha value is -9.36. The van der Waals surface area contributed by atoms with E-state index >= 15 is 0 Å². The van der Waals surface area contributed by atoms with Crippen molar-refractivity contribution in [3.8, 4) is 28.6 Å². The molecule has 2 aliphatic heterocycles. The van der Waals surface area contributed by atoms with E-state index in [2.05, 4.69) is 0 Å². The van der Waals surface area contributed by atoms with Crippen LogP contribution in [0.2, 0.25) is 0 Å². The molecule has 2 fully saturated rings. The zero-order valence-corrected chi connectivity index (χ0v) is 46.9. The van der Waals surface area contributed by atoms with Crippen molar-refractivity contribution in [1.29, 1.82) is 0 Å². The third-order valence-electron chi connectivity index (χ3n) is 12.7. The van der Waals surface area contributed by atoms with Crippen LogP contribution in [0.3, 0.4) is 0 Å². The van der Waals surface area contributed by atoms with Crippen molar-refractivity contribution in [3.05, 3.63) is 132 Å². The van der Waals surface area contributed by atoms with Crippen molar-refractivity contribution in [1.82, 2.24) is 14.4 Å². The lowest BCUT2D eigenvalue weighted by Gasteiger charge is -2.43. The fraction of sp³-hybridized carbons (Fsp3) is 0.390. The number of rotatable bonds is 22. The summed E-state index contributed by atoms with van der Waals surface area (Å²) in [7, 11) is 0. The lowest BCUT2D eigenvalue weighted by Crippen LogP contribution is -2.63. The normalized spacial score (nSPS) is 21.9. The maximum atomic E-state index is 12.5. The molecular formula is C59H61N3O22. The predicted molar refractivity (Wildman–Crippen MR) is 285 cm³/mol. The number of hydrogen-bond acceptors (Lipinski definition) is 24. The Morgan fingerprint density at radius 3 is 1.42 bits per heavy atom. The average molecular weight is 1160 g/mol. The van der Waals surface area contributed by atoms with Gasteiger partial charge in [0.15, 0.2) is 30.1 Å². The molecule has 6 aromatic rings. The second-order valence-corrected chi connectivity index (χ2v) is 19.4. The van der Waals surface area contributed by atoms with Crippen molar-refractivity contribution >= 4 is 53.4 Å². The van der Waals surface area contributed by atoms with Crippen molar-refractivity contribution in [2.45, 2.75) is 136 Å². The number of imidazole rings is 1. The first-order chi connectivity index (χ1) is 40.2. The highest BCUT2D eigenvalue weighted by molar-refractivity contribution is 5.70. The lowest BCUT2D eigenvalue weighted by atomic mass is 9.98. The molecule has 8 rings (SSSR count). The first-order valence-electron chi connectivity index (χ1n) is 26.4. The minimum absolute atomic E-state index is 0.00473. The summed E-state index contributed by atoms with van der Waals surface area (Å²) in [5.74, 6) is -4.67. The number of benzene rings is 3. The van der Waals surface area contributed by atoms with Gasteiger partial charge in [0.2, 0.25) is 30.7 Å². The minimum atomic E-state index is -1.48. The smallest absolute Gasteiger partial charge is 0.303 e. The summed E-state index contributed by atoms with van der Waals surface area (Å²) in [6, 6.07) is 26.6. The molecule has 3 aromatic heterocycles. The van der Waals surface area contributed by atoms with Gasteiger partial charge in [-0.3, -0.25) is 42.8 Å². The molecule has 2 aliphatic rings. The van der Waals surface area contributed by atoms with Gasteiger partial charge in [0.05, 0.1) is 24.1 Å². The Morgan fingerprint density at radius 1 is 0.476 bits per heavy atom. The van der Waals surface area contributed by atoms with Crippen molar-refractivity contribution in [2.24, 2.45) is 0 Å². The van der Waals surface area contributed by atoms with Gasteiger partial charge in [0, 0.05) is 73.6 Å². The lowest BCUT2D eigenvalue weighted by molar-refractivity contribution is -0.288. The highest BCUT2D eigenvalue weighted by Crippen LogP contribution is 2.35. The van der Waals surface area contributed by atoms with Crippen LogP contribution in [-0.4, -0.2) is 137 Å². The first kappa shape index (κ1) is 60.7. The van der Waals surface area contributed by atoms with Crippen LogP contribution in [0, 0.1) is 0 Å².